The van der Waals surface area contributed by atoms with Crippen molar-refractivity contribution in [3.8, 4) is 0 Å². The lowest BCUT2D eigenvalue weighted by Crippen LogP contribution is -2.50. The maximum atomic E-state index is 12.3. The maximum Gasteiger partial charge on any atom is 0.240 e. The summed E-state index contributed by atoms with van der Waals surface area (Å²) in [7, 11) is -3.36. The van der Waals surface area contributed by atoms with E-state index in [0.29, 0.717) is 23.3 Å². The molecular weight excluding hydrogens is 272 g/mol. The molecule has 0 amide bonds. The fourth-order valence-corrected chi connectivity index (χ4v) is 4.43. The van der Waals surface area contributed by atoms with E-state index < -0.39 is 10.0 Å². The Labute approximate surface area is 121 Å². The van der Waals surface area contributed by atoms with E-state index in [1.165, 1.54) is 25.9 Å². The Hall–Kier alpha value is -0.910. The van der Waals surface area contributed by atoms with Crippen LogP contribution < -0.4 is 4.72 Å². The molecule has 1 aromatic carbocycles. The Bertz CT molecular complexity index is 560. The standard InChI is InChI=1S/C15H22N2O2S/c1-12-2-4-15(5-3-12)20(18,19)16-10-14-11-17-8-6-13(14)7-9-17/h2-5,13-14,16H,6-11H2,1H3. The van der Waals surface area contributed by atoms with E-state index in [4.69, 9.17) is 0 Å². The molecule has 3 aliphatic rings. The molecule has 20 heavy (non-hydrogen) atoms. The van der Waals surface area contributed by atoms with Crippen molar-refractivity contribution >= 4 is 10.0 Å². The normalized spacial score (nSPS) is 29.6. The molecule has 0 saturated carbocycles. The van der Waals surface area contributed by atoms with Gasteiger partial charge >= 0.3 is 0 Å². The average Bonchev–Trinajstić information content (AvgIpc) is 2.47. The molecule has 3 aliphatic heterocycles. The van der Waals surface area contributed by atoms with E-state index in [1.54, 1.807) is 12.1 Å². The van der Waals surface area contributed by atoms with Crippen molar-refractivity contribution in [1.29, 1.82) is 0 Å². The van der Waals surface area contributed by atoms with Gasteiger partial charge in [0.05, 0.1) is 4.90 Å². The molecule has 2 bridgehead atoms. The molecule has 1 N–H and O–H groups in total. The first-order valence-corrected chi connectivity index (χ1v) is 8.81. The third-order valence-electron chi connectivity index (χ3n) is 4.66. The second kappa shape index (κ2) is 5.47. The lowest BCUT2D eigenvalue weighted by Gasteiger charge is -2.44. The van der Waals surface area contributed by atoms with Gasteiger partial charge < -0.3 is 4.90 Å². The zero-order chi connectivity index (χ0) is 14.2. The van der Waals surface area contributed by atoms with Crippen molar-refractivity contribution in [2.45, 2.75) is 24.7 Å². The van der Waals surface area contributed by atoms with Gasteiger partial charge in [-0.1, -0.05) is 17.7 Å². The molecule has 3 fully saturated rings. The van der Waals surface area contributed by atoms with Crippen molar-refractivity contribution in [1.82, 2.24) is 9.62 Å². The number of hydrogen-bond acceptors (Lipinski definition) is 3. The summed E-state index contributed by atoms with van der Waals surface area (Å²) >= 11 is 0. The molecule has 5 heteroatoms. The van der Waals surface area contributed by atoms with E-state index >= 15 is 0 Å². The molecule has 1 aromatic rings. The van der Waals surface area contributed by atoms with Crippen LogP contribution in [-0.2, 0) is 10.0 Å². The lowest BCUT2D eigenvalue weighted by atomic mass is 9.79. The quantitative estimate of drug-likeness (QED) is 0.918. The summed E-state index contributed by atoms with van der Waals surface area (Å²) in [6, 6.07) is 7.02. The summed E-state index contributed by atoms with van der Waals surface area (Å²) in [5.74, 6) is 1.17. The van der Waals surface area contributed by atoms with E-state index in [0.717, 1.165) is 12.1 Å². The molecule has 0 spiro atoms. The van der Waals surface area contributed by atoms with Gasteiger partial charge in [0, 0.05) is 13.1 Å². The molecule has 1 unspecified atom stereocenters. The summed E-state index contributed by atoms with van der Waals surface area (Å²) in [4.78, 5) is 2.81. The zero-order valence-electron chi connectivity index (χ0n) is 11.9. The van der Waals surface area contributed by atoms with Gasteiger partial charge in [0.1, 0.15) is 0 Å². The second-order valence-corrected chi connectivity index (χ2v) is 7.83. The predicted octanol–water partition coefficient (Wildman–Crippen LogP) is 1.62. The second-order valence-electron chi connectivity index (χ2n) is 6.06. The first-order chi connectivity index (χ1) is 9.54. The number of sulfonamides is 1. The highest BCUT2D eigenvalue weighted by atomic mass is 32.2. The number of benzene rings is 1. The molecule has 0 aliphatic carbocycles. The van der Waals surface area contributed by atoms with Crippen LogP contribution in [0.25, 0.3) is 0 Å². The maximum absolute atomic E-state index is 12.3. The summed E-state index contributed by atoms with van der Waals surface area (Å²) in [5, 5.41) is 0. The van der Waals surface area contributed by atoms with Crippen molar-refractivity contribution in [2.24, 2.45) is 11.8 Å². The van der Waals surface area contributed by atoms with E-state index in [1.807, 2.05) is 19.1 Å². The lowest BCUT2D eigenvalue weighted by molar-refractivity contribution is 0.0536. The summed E-state index contributed by atoms with van der Waals surface area (Å²) < 4.78 is 27.3. The van der Waals surface area contributed by atoms with Crippen LogP contribution in [0.4, 0.5) is 0 Å². The molecule has 0 radical (unpaired) electrons. The Morgan fingerprint density at radius 1 is 1.20 bits per heavy atom. The molecule has 110 valence electrons. The van der Waals surface area contributed by atoms with Crippen LogP contribution in [0.5, 0.6) is 0 Å². The van der Waals surface area contributed by atoms with Crippen molar-refractivity contribution in [2.75, 3.05) is 26.2 Å². The summed E-state index contributed by atoms with van der Waals surface area (Å²) in [6.07, 6.45) is 2.44. The zero-order valence-corrected chi connectivity index (χ0v) is 12.7. The predicted molar refractivity (Wildman–Crippen MR) is 79.0 cm³/mol. The van der Waals surface area contributed by atoms with Crippen molar-refractivity contribution < 1.29 is 8.42 Å². The smallest absolute Gasteiger partial charge is 0.240 e. The van der Waals surface area contributed by atoms with Gasteiger partial charge in [0.2, 0.25) is 10.0 Å². The number of fused-ring (bicyclic) bond motifs is 3. The summed E-state index contributed by atoms with van der Waals surface area (Å²) in [5.41, 5.74) is 1.07. The van der Waals surface area contributed by atoms with Gasteiger partial charge in [0.25, 0.3) is 0 Å². The Balaban J connectivity index is 1.64. The number of rotatable bonds is 4. The van der Waals surface area contributed by atoms with Crippen molar-refractivity contribution in [3.63, 3.8) is 0 Å². The topological polar surface area (TPSA) is 49.4 Å². The fraction of sp³-hybridized carbons (Fsp3) is 0.600. The van der Waals surface area contributed by atoms with Gasteiger partial charge in [-0.2, -0.15) is 0 Å². The largest absolute Gasteiger partial charge is 0.303 e. The van der Waals surface area contributed by atoms with Gasteiger partial charge in [0.15, 0.2) is 0 Å². The molecule has 4 nitrogen and oxygen atoms in total. The molecule has 3 saturated heterocycles. The van der Waals surface area contributed by atoms with E-state index in [2.05, 4.69) is 9.62 Å². The molecule has 3 heterocycles. The number of nitrogens with one attached hydrogen (secondary N) is 1. The van der Waals surface area contributed by atoms with E-state index in [-0.39, 0.29) is 0 Å². The van der Waals surface area contributed by atoms with Gasteiger partial charge in [-0.05, 0) is 56.8 Å². The van der Waals surface area contributed by atoms with Crippen LogP contribution in [-0.4, -0.2) is 39.5 Å². The summed E-state index contributed by atoms with van der Waals surface area (Å²) in [6.45, 7) is 5.94. The van der Waals surface area contributed by atoms with Crippen LogP contribution in [0, 0.1) is 18.8 Å². The van der Waals surface area contributed by atoms with Crippen LogP contribution in [0.1, 0.15) is 18.4 Å². The highest BCUT2D eigenvalue weighted by Crippen LogP contribution is 2.31. The molecule has 1 atom stereocenters. The third-order valence-corrected chi connectivity index (χ3v) is 6.10. The Kier molecular flexibility index (Phi) is 3.84. The van der Waals surface area contributed by atoms with Crippen molar-refractivity contribution in [3.05, 3.63) is 29.8 Å². The number of hydrogen-bond donors (Lipinski definition) is 1. The molecule has 0 aromatic heterocycles. The van der Waals surface area contributed by atoms with Crippen LogP contribution in [0.2, 0.25) is 0 Å². The fourth-order valence-electron chi connectivity index (χ4n) is 3.34. The van der Waals surface area contributed by atoms with Gasteiger partial charge in [-0.25, -0.2) is 13.1 Å². The van der Waals surface area contributed by atoms with Crippen LogP contribution in [0.15, 0.2) is 29.2 Å². The highest BCUT2D eigenvalue weighted by molar-refractivity contribution is 7.89. The number of nitrogens with zero attached hydrogens (tertiary/aromatic N) is 1. The third kappa shape index (κ3) is 2.90. The minimum Gasteiger partial charge on any atom is -0.303 e. The SMILES string of the molecule is Cc1ccc(S(=O)(=O)NCC2CN3CCC2CC3)cc1. The Morgan fingerprint density at radius 2 is 1.85 bits per heavy atom. The number of piperidine rings is 3. The van der Waals surface area contributed by atoms with Crippen LogP contribution >= 0.6 is 0 Å². The van der Waals surface area contributed by atoms with Gasteiger partial charge in [-0.3, -0.25) is 0 Å². The van der Waals surface area contributed by atoms with Gasteiger partial charge in [-0.15, -0.1) is 0 Å². The molecule has 4 rings (SSSR count). The molecular formula is C15H22N2O2S. The number of aryl methyl sites for hydroxylation is 1. The van der Waals surface area contributed by atoms with E-state index in [9.17, 15) is 8.42 Å². The minimum atomic E-state index is -3.36. The van der Waals surface area contributed by atoms with Crippen LogP contribution in [0.3, 0.4) is 0 Å². The first-order valence-electron chi connectivity index (χ1n) is 7.33. The first kappa shape index (κ1) is 14.0. The minimum absolute atomic E-state index is 0.365. The monoisotopic (exact) mass is 294 g/mol. The average molecular weight is 294 g/mol. The highest BCUT2D eigenvalue weighted by Gasteiger charge is 2.34. The Morgan fingerprint density at radius 3 is 2.40 bits per heavy atom.